The van der Waals surface area contributed by atoms with Crippen molar-refractivity contribution in [2.45, 2.75) is 75.1 Å². The molecule has 2 aromatic rings. The van der Waals surface area contributed by atoms with E-state index in [2.05, 4.69) is 22.5 Å². The van der Waals surface area contributed by atoms with E-state index < -0.39 is 86.3 Å². The van der Waals surface area contributed by atoms with Gasteiger partial charge in [0.25, 0.3) is 0 Å². The van der Waals surface area contributed by atoms with Crippen LogP contribution in [0.1, 0.15) is 19.4 Å². The predicted molar refractivity (Wildman–Crippen MR) is 158 cm³/mol. The first-order chi connectivity index (χ1) is 21.4. The summed E-state index contributed by atoms with van der Waals surface area (Å²) in [7, 11) is 0. The minimum Gasteiger partial charge on any atom is -0.463 e. The lowest BCUT2D eigenvalue weighted by Gasteiger charge is -2.42. The van der Waals surface area contributed by atoms with E-state index in [-0.39, 0.29) is 0 Å². The Morgan fingerprint density at radius 3 is 1.49 bits per heavy atom. The van der Waals surface area contributed by atoms with Crippen LogP contribution in [0, 0.1) is 0 Å². The van der Waals surface area contributed by atoms with Crippen LogP contribution in [0.25, 0.3) is 5.70 Å². The highest BCUT2D eigenvalue weighted by Gasteiger charge is 2.47. The first-order valence-corrected chi connectivity index (χ1v) is 14.2. The Kier molecular flexibility index (Phi) is 11.4. The van der Waals surface area contributed by atoms with Gasteiger partial charge in [-0.15, -0.1) is 0 Å². The van der Waals surface area contributed by atoms with E-state index in [1.54, 1.807) is 48.5 Å². The molecule has 246 valence electrons. The van der Waals surface area contributed by atoms with Gasteiger partial charge in [-0.1, -0.05) is 6.58 Å². The van der Waals surface area contributed by atoms with Crippen molar-refractivity contribution < 1.29 is 59.2 Å². The lowest BCUT2D eigenvalue weighted by Crippen LogP contribution is -2.65. The number of carbonyl (C=O) groups excluding carboxylic acids is 2. The van der Waals surface area contributed by atoms with Gasteiger partial charge < -0.3 is 65.5 Å². The average Bonchev–Trinajstić information content (AvgIpc) is 3.01. The molecule has 0 aliphatic carbocycles. The molecule has 45 heavy (non-hydrogen) atoms. The molecule has 10 atom stereocenters. The first-order valence-electron chi connectivity index (χ1n) is 14.2. The van der Waals surface area contributed by atoms with Gasteiger partial charge in [-0.3, -0.25) is 9.59 Å². The molecule has 15 heteroatoms. The van der Waals surface area contributed by atoms with Gasteiger partial charge in [-0.05, 0) is 54.1 Å². The van der Waals surface area contributed by atoms with Crippen LogP contribution in [-0.4, -0.2) is 117 Å². The Morgan fingerprint density at radius 1 is 0.711 bits per heavy atom. The molecular weight excluding hydrogens is 594 g/mol. The number of aliphatic hydroxyl groups is 6. The SMILES string of the molecule is C=C(Nc1ccc(O[C@@H]2OC(CO)[C@@H](O)[C@H](O)C2NC(C)=O)cc1)c1ccc(O[C@@H]2OC(CO)[C@@H](O)[C@H](O)C2NC(C)=O)cc1. The molecule has 2 fully saturated rings. The normalized spacial score (nSPS) is 31.4. The van der Waals surface area contributed by atoms with Crippen molar-refractivity contribution in [3.05, 3.63) is 60.7 Å². The Morgan fingerprint density at radius 2 is 1.11 bits per heavy atom. The number of amides is 2. The lowest BCUT2D eigenvalue weighted by atomic mass is 9.97. The second-order valence-corrected chi connectivity index (χ2v) is 10.8. The van der Waals surface area contributed by atoms with Gasteiger partial charge in [-0.2, -0.15) is 0 Å². The van der Waals surface area contributed by atoms with Crippen LogP contribution in [0.4, 0.5) is 5.69 Å². The largest absolute Gasteiger partial charge is 0.463 e. The summed E-state index contributed by atoms with van der Waals surface area (Å²) in [4.78, 5) is 23.3. The molecule has 2 amide bonds. The second-order valence-electron chi connectivity index (χ2n) is 10.8. The summed E-state index contributed by atoms with van der Waals surface area (Å²) < 4.78 is 22.9. The standard InChI is InChI=1S/C30H39N3O12/c1-14(17-4-8-19(9-5-17)42-29-23(32-15(2)36)27(40)25(38)21(12-34)44-29)31-18-6-10-20(11-7-18)43-30-24(33-16(3)37)28(41)26(39)22(13-35)45-30/h4-11,21-31,34-35,38-41H,1,12-13H2,2-3H3,(H,32,36)(H,33,37)/t21?,22?,23?,24?,25-,26-,27-,28-,29-,30-/m1/s1. The van der Waals surface area contributed by atoms with Crippen LogP contribution in [0.3, 0.4) is 0 Å². The van der Waals surface area contributed by atoms with Crippen LogP contribution < -0.4 is 25.4 Å². The average molecular weight is 634 g/mol. The summed E-state index contributed by atoms with van der Waals surface area (Å²) >= 11 is 0. The van der Waals surface area contributed by atoms with Crippen LogP contribution >= 0.6 is 0 Å². The molecule has 15 nitrogen and oxygen atoms in total. The Hall–Kier alpha value is -3.80. The van der Waals surface area contributed by atoms with E-state index in [4.69, 9.17) is 18.9 Å². The van der Waals surface area contributed by atoms with Crippen molar-refractivity contribution in [3.8, 4) is 11.5 Å². The topological polar surface area (TPSA) is 229 Å². The highest BCUT2D eigenvalue weighted by Crippen LogP contribution is 2.28. The van der Waals surface area contributed by atoms with Gasteiger partial charge >= 0.3 is 0 Å². The summed E-state index contributed by atoms with van der Waals surface area (Å²) in [5.41, 5.74) is 1.88. The van der Waals surface area contributed by atoms with Gasteiger partial charge in [0.1, 0.15) is 60.2 Å². The maximum Gasteiger partial charge on any atom is 0.223 e. The molecule has 4 rings (SSSR count). The summed E-state index contributed by atoms with van der Waals surface area (Å²) in [6.07, 6.45) is -10.3. The number of ether oxygens (including phenoxy) is 4. The van der Waals surface area contributed by atoms with Gasteiger partial charge in [0.15, 0.2) is 0 Å². The third-order valence-corrected chi connectivity index (χ3v) is 7.36. The second kappa shape index (κ2) is 15.0. The molecule has 2 aromatic carbocycles. The van der Waals surface area contributed by atoms with Crippen molar-refractivity contribution in [1.29, 1.82) is 0 Å². The molecule has 2 aliphatic heterocycles. The Balaban J connectivity index is 1.37. The number of anilines is 1. The predicted octanol–water partition coefficient (Wildman–Crippen LogP) is -1.59. The monoisotopic (exact) mass is 633 g/mol. The van der Waals surface area contributed by atoms with E-state index in [0.29, 0.717) is 28.4 Å². The molecule has 0 bridgehead atoms. The molecule has 4 unspecified atom stereocenters. The third-order valence-electron chi connectivity index (χ3n) is 7.36. The zero-order chi connectivity index (χ0) is 32.8. The van der Waals surface area contributed by atoms with E-state index in [1.807, 2.05) is 0 Å². The van der Waals surface area contributed by atoms with Gasteiger partial charge in [-0.25, -0.2) is 0 Å². The number of benzene rings is 2. The van der Waals surface area contributed by atoms with Crippen molar-refractivity contribution in [3.63, 3.8) is 0 Å². The number of hydrogen-bond donors (Lipinski definition) is 9. The highest BCUT2D eigenvalue weighted by atomic mass is 16.7. The minimum absolute atomic E-state index is 0.330. The molecule has 0 saturated carbocycles. The molecule has 2 saturated heterocycles. The van der Waals surface area contributed by atoms with E-state index >= 15 is 0 Å². The zero-order valence-corrected chi connectivity index (χ0v) is 24.6. The Labute approximate surface area is 259 Å². The summed E-state index contributed by atoms with van der Waals surface area (Å²) in [6.45, 7) is 5.43. The number of nitrogens with one attached hydrogen (secondary N) is 3. The maximum absolute atomic E-state index is 11.7. The summed E-state index contributed by atoms with van der Waals surface area (Å²) in [5, 5.41) is 68.5. The number of hydrogen-bond acceptors (Lipinski definition) is 13. The van der Waals surface area contributed by atoms with Crippen LogP contribution in [-0.2, 0) is 19.1 Å². The molecule has 0 radical (unpaired) electrons. The molecule has 9 N–H and O–H groups in total. The lowest BCUT2D eigenvalue weighted by molar-refractivity contribution is -0.244. The molecular formula is C30H39N3O12. The smallest absolute Gasteiger partial charge is 0.223 e. The number of carbonyl (C=O) groups is 2. The Bertz CT molecular complexity index is 1310. The van der Waals surface area contributed by atoms with Crippen molar-refractivity contribution in [2.75, 3.05) is 18.5 Å². The van der Waals surface area contributed by atoms with E-state index in [1.165, 1.54) is 13.8 Å². The van der Waals surface area contributed by atoms with Crippen LogP contribution in [0.5, 0.6) is 11.5 Å². The third kappa shape index (κ3) is 8.27. The maximum atomic E-state index is 11.7. The molecule has 2 aliphatic rings. The fourth-order valence-electron chi connectivity index (χ4n) is 5.01. The van der Waals surface area contributed by atoms with Gasteiger partial charge in [0.2, 0.25) is 24.4 Å². The van der Waals surface area contributed by atoms with Crippen LogP contribution in [0.15, 0.2) is 55.1 Å². The van der Waals surface area contributed by atoms with Crippen molar-refractivity contribution >= 4 is 23.2 Å². The quantitative estimate of drug-likeness (QED) is 0.136. The number of aliphatic hydroxyl groups excluding tert-OH is 6. The number of rotatable bonds is 11. The zero-order valence-electron chi connectivity index (χ0n) is 24.6. The van der Waals surface area contributed by atoms with Gasteiger partial charge in [0, 0.05) is 25.2 Å². The highest BCUT2D eigenvalue weighted by molar-refractivity contribution is 5.76. The molecule has 0 aromatic heterocycles. The fraction of sp³-hybridized carbons (Fsp3) is 0.467. The summed E-state index contributed by atoms with van der Waals surface area (Å²) in [6, 6.07) is 11.1. The van der Waals surface area contributed by atoms with Crippen molar-refractivity contribution in [2.24, 2.45) is 0 Å². The van der Waals surface area contributed by atoms with Gasteiger partial charge in [0.05, 0.1) is 13.2 Å². The van der Waals surface area contributed by atoms with Crippen LogP contribution in [0.2, 0.25) is 0 Å². The first kappa shape index (κ1) is 34.1. The molecule has 0 spiro atoms. The van der Waals surface area contributed by atoms with Crippen molar-refractivity contribution in [1.82, 2.24) is 10.6 Å². The minimum atomic E-state index is -1.43. The molecule has 2 heterocycles. The van der Waals surface area contributed by atoms with E-state index in [9.17, 15) is 40.2 Å². The van der Waals surface area contributed by atoms with E-state index in [0.717, 1.165) is 0 Å². The summed E-state index contributed by atoms with van der Waals surface area (Å²) in [5.74, 6) is -0.267. The fourth-order valence-corrected chi connectivity index (χ4v) is 5.01.